The van der Waals surface area contributed by atoms with Crippen molar-refractivity contribution in [3.63, 3.8) is 0 Å². The second kappa shape index (κ2) is 5.57. The van der Waals surface area contributed by atoms with Gasteiger partial charge >= 0.3 is 0 Å². The van der Waals surface area contributed by atoms with E-state index in [1.807, 2.05) is 55.5 Å². The third kappa shape index (κ3) is 2.58. The molecule has 1 unspecified atom stereocenters. The lowest BCUT2D eigenvalue weighted by atomic mass is 10.2. The average molecular weight is 391 g/mol. The van der Waals surface area contributed by atoms with Crippen LogP contribution in [0, 0.1) is 3.57 Å². The van der Waals surface area contributed by atoms with Crippen LogP contribution in [-0.4, -0.2) is 9.55 Å². The van der Waals surface area contributed by atoms with Gasteiger partial charge in [0.1, 0.15) is 5.82 Å². The summed E-state index contributed by atoms with van der Waals surface area (Å²) < 4.78 is 2.61. The lowest BCUT2D eigenvalue weighted by Gasteiger charge is -2.16. The maximum Gasteiger partial charge on any atom is 0.266 e. The van der Waals surface area contributed by atoms with Gasteiger partial charge in [-0.05, 0) is 59.8 Å². The molecule has 0 aliphatic heterocycles. The molecule has 0 spiro atoms. The van der Waals surface area contributed by atoms with Crippen molar-refractivity contribution in [3.05, 3.63) is 68.3 Å². The highest BCUT2D eigenvalue weighted by Crippen LogP contribution is 2.18. The first-order valence-electron chi connectivity index (χ1n) is 6.61. The van der Waals surface area contributed by atoms with Crippen LogP contribution in [0.3, 0.4) is 0 Å². The van der Waals surface area contributed by atoms with E-state index < -0.39 is 0 Å². The minimum atomic E-state index is -0.332. The molecule has 0 aliphatic rings. The summed E-state index contributed by atoms with van der Waals surface area (Å²) in [4.78, 5) is 17.5. The molecule has 0 amide bonds. The molecule has 0 bridgehead atoms. The van der Waals surface area contributed by atoms with E-state index in [0.29, 0.717) is 16.7 Å². The predicted octanol–water partition coefficient (Wildman–Crippen LogP) is 3.01. The van der Waals surface area contributed by atoms with Crippen molar-refractivity contribution in [2.75, 3.05) is 0 Å². The van der Waals surface area contributed by atoms with Crippen LogP contribution in [0.2, 0.25) is 0 Å². The molecule has 0 saturated carbocycles. The van der Waals surface area contributed by atoms with Gasteiger partial charge in [-0.25, -0.2) is 4.98 Å². The highest BCUT2D eigenvalue weighted by atomic mass is 127. The van der Waals surface area contributed by atoms with E-state index in [4.69, 9.17) is 5.73 Å². The number of benzene rings is 2. The zero-order valence-electron chi connectivity index (χ0n) is 11.5. The van der Waals surface area contributed by atoms with Crippen LogP contribution in [0.1, 0.15) is 18.8 Å². The lowest BCUT2D eigenvalue weighted by molar-refractivity contribution is 0.696. The molecule has 0 aliphatic carbocycles. The molecule has 0 saturated heterocycles. The summed E-state index contributed by atoms with van der Waals surface area (Å²) in [5.41, 5.74) is 7.39. The Balaban J connectivity index is 2.43. The number of para-hydroxylation sites is 1. The zero-order chi connectivity index (χ0) is 15.0. The molecule has 3 rings (SSSR count). The van der Waals surface area contributed by atoms with Gasteiger partial charge in [0.05, 0.1) is 22.6 Å². The first-order chi connectivity index (χ1) is 10.1. The quantitative estimate of drug-likeness (QED) is 0.684. The Kier molecular flexibility index (Phi) is 3.77. The van der Waals surface area contributed by atoms with Crippen molar-refractivity contribution >= 4 is 33.5 Å². The van der Waals surface area contributed by atoms with Gasteiger partial charge in [-0.1, -0.05) is 18.2 Å². The molecule has 0 fully saturated rings. The molecule has 3 aromatic rings. The first-order valence-corrected chi connectivity index (χ1v) is 7.69. The SMILES string of the molecule is CC(N)c1nc2ccc(I)cc2c(=O)n1-c1ccccc1. The number of hydrogen-bond donors (Lipinski definition) is 1. The molecule has 2 aromatic carbocycles. The second-order valence-corrected chi connectivity index (χ2v) is 6.14. The Bertz CT molecular complexity index is 857. The Morgan fingerprint density at radius 3 is 2.57 bits per heavy atom. The van der Waals surface area contributed by atoms with E-state index in [0.717, 1.165) is 9.26 Å². The number of rotatable bonds is 2. The Morgan fingerprint density at radius 2 is 1.90 bits per heavy atom. The maximum atomic E-state index is 12.9. The molecule has 1 heterocycles. The number of nitrogens with two attached hydrogens (primary N) is 1. The van der Waals surface area contributed by atoms with E-state index in [1.54, 1.807) is 4.57 Å². The van der Waals surface area contributed by atoms with Gasteiger partial charge in [-0.15, -0.1) is 0 Å². The van der Waals surface area contributed by atoms with E-state index in [-0.39, 0.29) is 11.6 Å². The van der Waals surface area contributed by atoms with Gasteiger partial charge in [0.2, 0.25) is 0 Å². The number of aromatic nitrogens is 2. The van der Waals surface area contributed by atoms with Crippen LogP contribution in [0.15, 0.2) is 53.3 Å². The summed E-state index contributed by atoms with van der Waals surface area (Å²) in [6, 6.07) is 14.8. The maximum absolute atomic E-state index is 12.9. The van der Waals surface area contributed by atoms with Crippen molar-refractivity contribution in [1.29, 1.82) is 0 Å². The fraction of sp³-hybridized carbons (Fsp3) is 0.125. The molecule has 106 valence electrons. The summed E-state index contributed by atoms with van der Waals surface area (Å²) in [6.07, 6.45) is 0. The van der Waals surface area contributed by atoms with Gasteiger partial charge in [0.25, 0.3) is 5.56 Å². The van der Waals surface area contributed by atoms with Crippen molar-refractivity contribution in [1.82, 2.24) is 9.55 Å². The van der Waals surface area contributed by atoms with Crippen LogP contribution in [-0.2, 0) is 0 Å². The van der Waals surface area contributed by atoms with Crippen molar-refractivity contribution < 1.29 is 0 Å². The largest absolute Gasteiger partial charge is 0.322 e. The summed E-state index contributed by atoms with van der Waals surface area (Å²) in [6.45, 7) is 1.83. The van der Waals surface area contributed by atoms with Crippen LogP contribution in [0.4, 0.5) is 0 Å². The normalized spacial score (nSPS) is 12.5. The second-order valence-electron chi connectivity index (χ2n) is 4.90. The summed E-state index contributed by atoms with van der Waals surface area (Å²) in [7, 11) is 0. The number of halogens is 1. The molecular formula is C16H14IN3O. The summed E-state index contributed by atoms with van der Waals surface area (Å²) in [5, 5.41) is 0.607. The standard InChI is InChI=1S/C16H14IN3O/c1-10(18)15-19-14-8-7-11(17)9-13(14)16(21)20(15)12-5-3-2-4-6-12/h2-10H,18H2,1H3. The highest BCUT2D eigenvalue weighted by Gasteiger charge is 2.15. The minimum Gasteiger partial charge on any atom is -0.322 e. The zero-order valence-corrected chi connectivity index (χ0v) is 13.6. The minimum absolute atomic E-state index is 0.0861. The molecular weight excluding hydrogens is 377 g/mol. The van der Waals surface area contributed by atoms with E-state index in [2.05, 4.69) is 27.6 Å². The van der Waals surface area contributed by atoms with Crippen LogP contribution < -0.4 is 11.3 Å². The summed E-state index contributed by atoms with van der Waals surface area (Å²) in [5.74, 6) is 0.569. The van der Waals surface area contributed by atoms with Gasteiger partial charge in [-0.3, -0.25) is 9.36 Å². The monoisotopic (exact) mass is 391 g/mol. The number of nitrogens with zero attached hydrogens (tertiary/aromatic N) is 2. The number of fused-ring (bicyclic) bond motifs is 1. The van der Waals surface area contributed by atoms with E-state index in [1.165, 1.54) is 0 Å². The van der Waals surface area contributed by atoms with Crippen molar-refractivity contribution in [3.8, 4) is 5.69 Å². The summed E-state index contributed by atoms with van der Waals surface area (Å²) >= 11 is 2.19. The topological polar surface area (TPSA) is 60.9 Å². The highest BCUT2D eigenvalue weighted by molar-refractivity contribution is 14.1. The van der Waals surface area contributed by atoms with E-state index >= 15 is 0 Å². The van der Waals surface area contributed by atoms with Gasteiger partial charge < -0.3 is 5.73 Å². The van der Waals surface area contributed by atoms with Gasteiger partial charge in [0, 0.05) is 3.57 Å². The third-order valence-corrected chi connectivity index (χ3v) is 3.95. The molecule has 21 heavy (non-hydrogen) atoms. The fourth-order valence-corrected chi connectivity index (χ4v) is 2.80. The van der Waals surface area contributed by atoms with Crippen molar-refractivity contribution in [2.45, 2.75) is 13.0 Å². The van der Waals surface area contributed by atoms with Gasteiger partial charge in [-0.2, -0.15) is 0 Å². The predicted molar refractivity (Wildman–Crippen MR) is 92.7 cm³/mol. The number of hydrogen-bond acceptors (Lipinski definition) is 3. The smallest absolute Gasteiger partial charge is 0.266 e. The molecule has 5 heteroatoms. The third-order valence-electron chi connectivity index (χ3n) is 3.28. The first kappa shape index (κ1) is 14.2. The molecule has 0 radical (unpaired) electrons. The van der Waals surface area contributed by atoms with Crippen LogP contribution in [0.25, 0.3) is 16.6 Å². The fourth-order valence-electron chi connectivity index (χ4n) is 2.31. The van der Waals surface area contributed by atoms with Gasteiger partial charge in [0.15, 0.2) is 0 Å². The molecule has 4 nitrogen and oxygen atoms in total. The lowest BCUT2D eigenvalue weighted by Crippen LogP contribution is -2.27. The van der Waals surface area contributed by atoms with Crippen molar-refractivity contribution in [2.24, 2.45) is 5.73 Å². The Hall–Kier alpha value is -1.73. The molecule has 1 atom stereocenters. The Morgan fingerprint density at radius 1 is 1.19 bits per heavy atom. The van der Waals surface area contributed by atoms with E-state index in [9.17, 15) is 4.79 Å². The molecule has 1 aromatic heterocycles. The van der Waals surface area contributed by atoms with Crippen LogP contribution in [0.5, 0.6) is 0 Å². The average Bonchev–Trinajstić information content (AvgIpc) is 2.48. The van der Waals surface area contributed by atoms with Crippen LogP contribution >= 0.6 is 22.6 Å². The molecule has 2 N–H and O–H groups in total. The Labute approximate surface area is 135 Å².